The highest BCUT2D eigenvalue weighted by Crippen LogP contribution is 2.37. The van der Waals surface area contributed by atoms with Gasteiger partial charge in [0.2, 0.25) is 0 Å². The Labute approximate surface area is 302 Å². The topological polar surface area (TPSA) is 126 Å². The third-order valence-electron chi connectivity index (χ3n) is 7.29. The first kappa shape index (κ1) is 35.4. The fraction of sp³-hybridized carbons (Fsp3) is 0.257. The summed E-state index contributed by atoms with van der Waals surface area (Å²) in [6, 6.07) is 14.8. The van der Waals surface area contributed by atoms with Gasteiger partial charge in [0.1, 0.15) is 12.4 Å². The molecule has 0 fully saturated rings. The van der Waals surface area contributed by atoms with Crippen molar-refractivity contribution in [2.45, 2.75) is 46.4 Å². The second-order valence-corrected chi connectivity index (χ2v) is 14.0. The van der Waals surface area contributed by atoms with Gasteiger partial charge in [0.15, 0.2) is 16.3 Å². The van der Waals surface area contributed by atoms with Gasteiger partial charge in [0.05, 0.1) is 55.3 Å². The third kappa shape index (κ3) is 7.52. The Bertz CT molecular complexity index is 2080. The number of methoxy groups -OCH3 is 1. The first-order chi connectivity index (χ1) is 22.9. The van der Waals surface area contributed by atoms with Gasteiger partial charge >= 0.3 is 11.9 Å². The van der Waals surface area contributed by atoms with E-state index in [1.807, 2.05) is 32.0 Å². The molecule has 0 saturated heterocycles. The third-order valence-corrected chi connectivity index (χ3v) is 9.66. The number of carbonyl (C=O) groups is 2. The number of benzene rings is 3. The molecule has 0 unspecified atom stereocenters. The summed E-state index contributed by atoms with van der Waals surface area (Å²) in [5.41, 5.74) is 2.84. The molecule has 2 heterocycles. The summed E-state index contributed by atoms with van der Waals surface area (Å²) in [6.07, 6.45) is 1.70. The molecule has 0 saturated carbocycles. The minimum Gasteiger partial charge on any atom is -0.493 e. The first-order valence-corrected chi connectivity index (χ1v) is 17.6. The van der Waals surface area contributed by atoms with E-state index in [9.17, 15) is 14.4 Å². The Hall–Kier alpha value is -3.95. The number of carboxylic acids is 1. The molecule has 5 rings (SSSR count). The van der Waals surface area contributed by atoms with E-state index in [0.29, 0.717) is 42.3 Å². The van der Waals surface area contributed by atoms with Crippen LogP contribution in [-0.4, -0.2) is 41.4 Å². The first-order valence-electron chi connectivity index (χ1n) is 14.9. The zero-order valence-electron chi connectivity index (χ0n) is 26.7. The minimum atomic E-state index is -0.987. The molecule has 1 aliphatic rings. The van der Waals surface area contributed by atoms with Crippen LogP contribution >= 0.6 is 49.9 Å². The summed E-state index contributed by atoms with van der Waals surface area (Å²) in [6.45, 7) is 7.71. The quantitative estimate of drug-likeness (QED) is 0.139. The molecular formula is C35H32BrIN2O8S. The molecule has 0 bridgehead atoms. The summed E-state index contributed by atoms with van der Waals surface area (Å²) in [5.74, 6) is 0.0985. The van der Waals surface area contributed by atoms with Crippen molar-refractivity contribution in [1.82, 2.24) is 4.57 Å². The lowest BCUT2D eigenvalue weighted by atomic mass is 9.95. The van der Waals surface area contributed by atoms with Crippen LogP contribution < -0.4 is 29.1 Å². The van der Waals surface area contributed by atoms with Crippen molar-refractivity contribution in [3.8, 4) is 17.2 Å². The van der Waals surface area contributed by atoms with E-state index in [-0.39, 0.29) is 36.0 Å². The van der Waals surface area contributed by atoms with Gasteiger partial charge in [-0.2, -0.15) is 0 Å². The molecule has 0 amide bonds. The normalized spacial score (nSPS) is 14.4. The largest absolute Gasteiger partial charge is 0.493 e. The smallest absolute Gasteiger partial charge is 0.338 e. The van der Waals surface area contributed by atoms with E-state index in [1.165, 1.54) is 28.0 Å². The van der Waals surface area contributed by atoms with Crippen molar-refractivity contribution in [1.29, 1.82) is 0 Å². The van der Waals surface area contributed by atoms with E-state index >= 15 is 0 Å². The van der Waals surface area contributed by atoms with E-state index in [2.05, 4.69) is 43.5 Å². The molecule has 48 heavy (non-hydrogen) atoms. The maximum Gasteiger partial charge on any atom is 0.338 e. The van der Waals surface area contributed by atoms with Crippen LogP contribution in [0.2, 0.25) is 0 Å². The van der Waals surface area contributed by atoms with E-state index in [4.69, 9.17) is 24.1 Å². The highest BCUT2D eigenvalue weighted by Gasteiger charge is 2.34. The Balaban J connectivity index is 1.54. The number of hydrogen-bond donors (Lipinski definition) is 1. The number of carboxylic acid groups (broad SMARTS) is 1. The van der Waals surface area contributed by atoms with Gasteiger partial charge in [0, 0.05) is 0 Å². The molecule has 250 valence electrons. The number of carbonyl (C=O) groups excluding carboxylic acids is 1. The molecule has 0 aliphatic carbocycles. The van der Waals surface area contributed by atoms with Crippen LogP contribution in [0.4, 0.5) is 0 Å². The molecule has 3 aromatic carbocycles. The van der Waals surface area contributed by atoms with Gasteiger partial charge < -0.3 is 24.1 Å². The summed E-state index contributed by atoms with van der Waals surface area (Å²) >= 11 is 7.01. The van der Waals surface area contributed by atoms with Gasteiger partial charge in [-0.15, -0.1) is 0 Å². The predicted octanol–water partition coefficient (Wildman–Crippen LogP) is 6.24. The Morgan fingerprint density at radius 3 is 2.48 bits per heavy atom. The lowest BCUT2D eigenvalue weighted by molar-refractivity contribution is -0.139. The molecular weight excluding hydrogens is 815 g/mol. The average molecular weight is 848 g/mol. The number of thiazole rings is 1. The van der Waals surface area contributed by atoms with Crippen molar-refractivity contribution in [3.05, 3.63) is 116 Å². The van der Waals surface area contributed by atoms with Gasteiger partial charge in [-0.1, -0.05) is 29.5 Å². The van der Waals surface area contributed by atoms with Crippen LogP contribution in [0.3, 0.4) is 0 Å². The second kappa shape index (κ2) is 15.1. The molecule has 1 aliphatic heterocycles. The number of esters is 1. The number of hydrogen-bond acceptors (Lipinski definition) is 9. The molecule has 10 nitrogen and oxygen atoms in total. The zero-order chi connectivity index (χ0) is 34.7. The van der Waals surface area contributed by atoms with E-state index < -0.39 is 18.0 Å². The zero-order valence-corrected chi connectivity index (χ0v) is 31.3. The van der Waals surface area contributed by atoms with Crippen LogP contribution in [0.1, 0.15) is 60.8 Å². The van der Waals surface area contributed by atoms with Gasteiger partial charge in [0.25, 0.3) is 5.56 Å². The highest BCUT2D eigenvalue weighted by atomic mass is 127. The number of allylic oxidation sites excluding steroid dienone is 1. The number of nitrogens with zero attached hydrogens (tertiary/aromatic N) is 2. The number of halogens is 2. The van der Waals surface area contributed by atoms with Crippen LogP contribution in [-0.2, 0) is 16.1 Å². The van der Waals surface area contributed by atoms with Crippen molar-refractivity contribution in [2.75, 3.05) is 13.7 Å². The van der Waals surface area contributed by atoms with Crippen molar-refractivity contribution in [2.24, 2.45) is 4.99 Å². The van der Waals surface area contributed by atoms with Gasteiger partial charge in [-0.25, -0.2) is 14.6 Å². The van der Waals surface area contributed by atoms with Gasteiger partial charge in [-0.05, 0) is 125 Å². The SMILES string of the molecule is CCOC(=O)C1=C(C)N=c2s/c(=C\c3cc(Br)c(OCc4ccc(C(=O)O)cc4)c(I)c3)c(=O)n2[C@H]1c1ccc(OC(C)C)c(OC)c1. The van der Waals surface area contributed by atoms with E-state index in [1.54, 1.807) is 51.3 Å². The Kier molecular flexibility index (Phi) is 11.1. The summed E-state index contributed by atoms with van der Waals surface area (Å²) in [7, 11) is 1.54. The summed E-state index contributed by atoms with van der Waals surface area (Å²) in [5, 5.41) is 9.14. The van der Waals surface area contributed by atoms with Crippen LogP contribution in [0, 0.1) is 3.57 Å². The predicted molar refractivity (Wildman–Crippen MR) is 194 cm³/mol. The lowest BCUT2D eigenvalue weighted by Gasteiger charge is -2.25. The number of ether oxygens (including phenoxy) is 4. The lowest BCUT2D eigenvalue weighted by Crippen LogP contribution is -2.40. The standard InChI is InChI=1S/C35H32BrIN2O8S/c1-6-45-34(43)29-19(4)38-35-39(30(29)23-11-12-26(47-18(2)3)27(16-23)44-5)32(40)28(48-35)15-21-13-24(36)31(25(37)14-21)46-17-20-7-9-22(10-8-20)33(41)42/h7-16,18,30H,6,17H2,1-5H3,(H,41,42)/b28-15-/t30-/m0/s1. The maximum atomic E-state index is 14.1. The Morgan fingerprint density at radius 1 is 1.12 bits per heavy atom. The molecule has 4 aromatic rings. The van der Waals surface area contributed by atoms with Gasteiger partial charge in [-0.3, -0.25) is 9.36 Å². The monoisotopic (exact) mass is 846 g/mol. The molecule has 1 atom stereocenters. The van der Waals surface area contributed by atoms with Crippen LogP contribution in [0.5, 0.6) is 17.2 Å². The second-order valence-electron chi connectivity index (χ2n) is 11.0. The fourth-order valence-electron chi connectivity index (χ4n) is 5.16. The Morgan fingerprint density at radius 2 is 1.85 bits per heavy atom. The van der Waals surface area contributed by atoms with Crippen molar-refractivity contribution >= 4 is 67.9 Å². The number of rotatable bonds is 11. The summed E-state index contributed by atoms with van der Waals surface area (Å²) in [4.78, 5) is 43.7. The van der Waals surface area contributed by atoms with Crippen molar-refractivity contribution in [3.63, 3.8) is 0 Å². The maximum absolute atomic E-state index is 14.1. The molecule has 0 spiro atoms. The van der Waals surface area contributed by atoms with Crippen LogP contribution in [0.15, 0.2) is 80.1 Å². The van der Waals surface area contributed by atoms with E-state index in [0.717, 1.165) is 14.7 Å². The highest BCUT2D eigenvalue weighted by molar-refractivity contribution is 14.1. The molecule has 1 N–H and O–H groups in total. The number of fused-ring (bicyclic) bond motifs is 1. The fourth-order valence-corrected chi connectivity index (χ4v) is 7.98. The average Bonchev–Trinajstić information content (AvgIpc) is 3.33. The number of aromatic nitrogens is 1. The molecule has 1 aromatic heterocycles. The van der Waals surface area contributed by atoms with Crippen LogP contribution in [0.25, 0.3) is 6.08 Å². The van der Waals surface area contributed by atoms with Crippen molar-refractivity contribution < 1.29 is 33.6 Å². The molecule has 0 radical (unpaired) electrons. The number of aromatic carboxylic acids is 1. The molecule has 13 heteroatoms. The summed E-state index contributed by atoms with van der Waals surface area (Å²) < 4.78 is 26.5. The minimum absolute atomic E-state index is 0.0822.